The maximum Gasteiger partial charge on any atom is 0.223 e. The van der Waals surface area contributed by atoms with E-state index in [1.165, 1.54) is 7.11 Å². The van der Waals surface area contributed by atoms with Gasteiger partial charge in [-0.1, -0.05) is 6.07 Å². The Labute approximate surface area is 130 Å². The van der Waals surface area contributed by atoms with E-state index in [2.05, 4.69) is 15.3 Å². The predicted molar refractivity (Wildman–Crippen MR) is 84.9 cm³/mol. The van der Waals surface area contributed by atoms with Crippen LogP contribution in [0, 0.1) is 6.92 Å². The number of nitrogens with one attached hydrogen (secondary N) is 1. The summed E-state index contributed by atoms with van der Waals surface area (Å²) in [5, 5.41) is 3.18. The van der Waals surface area contributed by atoms with Gasteiger partial charge >= 0.3 is 0 Å². The van der Waals surface area contributed by atoms with Gasteiger partial charge in [0.2, 0.25) is 5.95 Å². The van der Waals surface area contributed by atoms with Crippen molar-refractivity contribution in [3.8, 4) is 5.75 Å². The van der Waals surface area contributed by atoms with Crippen LogP contribution in [0.25, 0.3) is 0 Å². The minimum absolute atomic E-state index is 0.0932. The fraction of sp³-hybridized carbons (Fsp3) is 0.333. The summed E-state index contributed by atoms with van der Waals surface area (Å²) in [6, 6.07) is 6.75. The molecule has 2 aromatic rings. The van der Waals surface area contributed by atoms with E-state index >= 15 is 0 Å². The molecule has 1 N–H and O–H groups in total. The van der Waals surface area contributed by atoms with Crippen molar-refractivity contribution in [1.82, 2.24) is 9.97 Å². The van der Waals surface area contributed by atoms with Crippen LogP contribution in [0.15, 0.2) is 35.4 Å². The Bertz CT molecular complexity index is 775. The Morgan fingerprint density at radius 3 is 2.59 bits per heavy atom. The number of ether oxygens (including phenoxy) is 1. The predicted octanol–water partition coefficient (Wildman–Crippen LogP) is 2.37. The van der Waals surface area contributed by atoms with Crippen molar-refractivity contribution in [2.24, 2.45) is 0 Å². The van der Waals surface area contributed by atoms with E-state index in [1.807, 2.05) is 19.9 Å². The van der Waals surface area contributed by atoms with E-state index in [9.17, 15) is 8.42 Å². The Hall–Kier alpha value is -2.15. The number of benzene rings is 1. The molecule has 0 aliphatic rings. The van der Waals surface area contributed by atoms with Crippen LogP contribution in [-0.4, -0.2) is 31.8 Å². The number of hydrogen-bond donors (Lipinski definition) is 1. The maximum absolute atomic E-state index is 11.7. The number of aromatic nitrogens is 2. The normalized spacial score (nSPS) is 12.7. The molecule has 6 nitrogen and oxygen atoms in total. The number of anilines is 1. The lowest BCUT2D eigenvalue weighted by molar-refractivity contribution is 0.402. The van der Waals surface area contributed by atoms with Crippen LogP contribution < -0.4 is 10.1 Å². The number of hydrogen-bond acceptors (Lipinski definition) is 6. The molecule has 0 fully saturated rings. The minimum Gasteiger partial charge on any atom is -0.495 e. The lowest BCUT2D eigenvalue weighted by atomic mass is 10.1. The minimum atomic E-state index is -3.32. The van der Waals surface area contributed by atoms with E-state index in [1.54, 1.807) is 24.4 Å². The molecule has 0 saturated carbocycles. The third-order valence-corrected chi connectivity index (χ3v) is 4.36. The van der Waals surface area contributed by atoms with Gasteiger partial charge in [0.25, 0.3) is 0 Å². The van der Waals surface area contributed by atoms with Gasteiger partial charge in [-0.15, -0.1) is 0 Å². The summed E-state index contributed by atoms with van der Waals surface area (Å²) in [6.45, 7) is 3.84. The van der Waals surface area contributed by atoms with Gasteiger partial charge in [0.05, 0.1) is 13.2 Å². The molecule has 1 atom stereocenters. The largest absolute Gasteiger partial charge is 0.495 e. The van der Waals surface area contributed by atoms with Crippen LogP contribution in [0.3, 0.4) is 0 Å². The van der Waals surface area contributed by atoms with E-state index in [0.717, 1.165) is 17.5 Å². The molecule has 0 radical (unpaired) electrons. The molecule has 22 heavy (non-hydrogen) atoms. The second-order valence-corrected chi connectivity index (χ2v) is 7.05. The van der Waals surface area contributed by atoms with E-state index < -0.39 is 9.84 Å². The molecular weight excluding hydrogens is 302 g/mol. The summed E-state index contributed by atoms with van der Waals surface area (Å²) in [5.41, 5.74) is 1.75. The first-order valence-corrected chi connectivity index (χ1v) is 8.64. The molecule has 0 aliphatic heterocycles. The monoisotopic (exact) mass is 321 g/mol. The molecule has 0 spiro atoms. The Balaban J connectivity index is 2.29. The highest BCUT2D eigenvalue weighted by molar-refractivity contribution is 7.90. The lowest BCUT2D eigenvalue weighted by Crippen LogP contribution is -2.10. The fourth-order valence-electron chi connectivity index (χ4n) is 2.06. The van der Waals surface area contributed by atoms with Gasteiger partial charge < -0.3 is 10.1 Å². The molecule has 1 heterocycles. The first kappa shape index (κ1) is 16.2. The molecule has 0 bridgehead atoms. The van der Waals surface area contributed by atoms with Crippen LogP contribution in [0.5, 0.6) is 5.75 Å². The Kier molecular flexibility index (Phi) is 4.65. The molecular formula is C15H19N3O3S. The van der Waals surface area contributed by atoms with Crippen molar-refractivity contribution in [1.29, 1.82) is 0 Å². The summed E-state index contributed by atoms with van der Waals surface area (Å²) in [6.07, 6.45) is 2.84. The van der Waals surface area contributed by atoms with E-state index in [4.69, 9.17) is 4.74 Å². The van der Waals surface area contributed by atoms with Crippen molar-refractivity contribution < 1.29 is 13.2 Å². The third kappa shape index (κ3) is 3.73. The SMILES string of the molecule is COc1cc(C(C)Nc2nccc(C)n2)ccc1S(C)(=O)=O. The van der Waals surface area contributed by atoms with Gasteiger partial charge in [-0.25, -0.2) is 18.4 Å². The molecule has 0 aliphatic carbocycles. The summed E-state index contributed by atoms with van der Waals surface area (Å²) in [5.74, 6) is 0.859. The first-order chi connectivity index (χ1) is 10.3. The highest BCUT2D eigenvalue weighted by atomic mass is 32.2. The number of aryl methyl sites for hydroxylation is 1. The van der Waals surface area contributed by atoms with Crippen LogP contribution in [0.1, 0.15) is 24.2 Å². The van der Waals surface area contributed by atoms with Crippen molar-refractivity contribution in [2.45, 2.75) is 24.8 Å². The molecule has 118 valence electrons. The van der Waals surface area contributed by atoms with Crippen molar-refractivity contribution >= 4 is 15.8 Å². The molecule has 0 amide bonds. The van der Waals surface area contributed by atoms with Crippen LogP contribution in [-0.2, 0) is 9.84 Å². The summed E-state index contributed by atoms with van der Waals surface area (Å²) in [7, 11) is -1.87. The topological polar surface area (TPSA) is 81.2 Å². The highest BCUT2D eigenvalue weighted by Gasteiger charge is 2.16. The quantitative estimate of drug-likeness (QED) is 0.910. The summed E-state index contributed by atoms with van der Waals surface area (Å²) < 4.78 is 28.6. The number of nitrogens with zero attached hydrogens (tertiary/aromatic N) is 2. The van der Waals surface area contributed by atoms with Gasteiger partial charge in [0.1, 0.15) is 10.6 Å². The third-order valence-electron chi connectivity index (χ3n) is 3.23. The van der Waals surface area contributed by atoms with Crippen molar-refractivity contribution in [2.75, 3.05) is 18.7 Å². The number of rotatable bonds is 5. The molecule has 7 heteroatoms. The Morgan fingerprint density at radius 1 is 1.27 bits per heavy atom. The van der Waals surface area contributed by atoms with Gasteiger partial charge in [0.15, 0.2) is 9.84 Å². The standard InChI is InChI=1S/C15H19N3O3S/c1-10-7-8-16-15(17-10)18-11(2)12-5-6-14(22(4,19)20)13(9-12)21-3/h5-9,11H,1-4H3,(H,16,17,18). The second kappa shape index (κ2) is 6.31. The smallest absolute Gasteiger partial charge is 0.223 e. The van der Waals surface area contributed by atoms with Crippen LogP contribution >= 0.6 is 0 Å². The summed E-state index contributed by atoms with van der Waals surface area (Å²) >= 11 is 0. The molecule has 2 rings (SSSR count). The average molecular weight is 321 g/mol. The molecule has 0 saturated heterocycles. The maximum atomic E-state index is 11.7. The van der Waals surface area contributed by atoms with Crippen LogP contribution in [0.2, 0.25) is 0 Å². The zero-order valence-corrected chi connectivity index (χ0v) is 13.8. The van der Waals surface area contributed by atoms with Gasteiger partial charge in [-0.2, -0.15) is 0 Å². The zero-order valence-electron chi connectivity index (χ0n) is 13.0. The molecule has 1 aromatic heterocycles. The number of sulfone groups is 1. The highest BCUT2D eigenvalue weighted by Crippen LogP contribution is 2.28. The molecule has 1 aromatic carbocycles. The van der Waals surface area contributed by atoms with Crippen molar-refractivity contribution in [3.63, 3.8) is 0 Å². The lowest BCUT2D eigenvalue weighted by Gasteiger charge is -2.16. The average Bonchev–Trinajstić information content (AvgIpc) is 2.45. The summed E-state index contributed by atoms with van der Waals surface area (Å²) in [4.78, 5) is 8.62. The zero-order chi connectivity index (χ0) is 16.3. The number of methoxy groups -OCH3 is 1. The fourth-order valence-corrected chi connectivity index (χ4v) is 2.88. The van der Waals surface area contributed by atoms with Crippen molar-refractivity contribution in [3.05, 3.63) is 41.7 Å². The van der Waals surface area contributed by atoms with Gasteiger partial charge in [0, 0.05) is 18.1 Å². The first-order valence-electron chi connectivity index (χ1n) is 6.75. The second-order valence-electron chi connectivity index (χ2n) is 5.07. The molecule has 1 unspecified atom stereocenters. The van der Waals surface area contributed by atoms with Gasteiger partial charge in [-0.3, -0.25) is 0 Å². The Morgan fingerprint density at radius 2 is 2.00 bits per heavy atom. The van der Waals surface area contributed by atoms with Gasteiger partial charge in [-0.05, 0) is 37.6 Å². The van der Waals surface area contributed by atoms with E-state index in [0.29, 0.717) is 11.7 Å². The van der Waals surface area contributed by atoms with Crippen LogP contribution in [0.4, 0.5) is 5.95 Å². The van der Waals surface area contributed by atoms with E-state index in [-0.39, 0.29) is 10.9 Å².